The van der Waals surface area contributed by atoms with Crippen molar-refractivity contribution in [1.82, 2.24) is 21.5 Å². The Labute approximate surface area is 59.5 Å². The van der Waals surface area contributed by atoms with Crippen molar-refractivity contribution in [3.8, 4) is 0 Å². The van der Waals surface area contributed by atoms with Gasteiger partial charge < -0.3 is 0 Å². The van der Waals surface area contributed by atoms with E-state index in [1.165, 1.54) is 0 Å². The molecule has 1 unspecified atom stereocenters. The predicted molar refractivity (Wildman–Crippen MR) is 38.2 cm³/mol. The zero-order valence-electron chi connectivity index (χ0n) is 5.54. The van der Waals surface area contributed by atoms with E-state index < -0.39 is 0 Å². The van der Waals surface area contributed by atoms with Gasteiger partial charge in [-0.2, -0.15) is 11.1 Å². The first-order valence-electron chi connectivity index (χ1n) is 3.33. The summed E-state index contributed by atoms with van der Waals surface area (Å²) in [5, 5.41) is 2.06. The van der Waals surface area contributed by atoms with E-state index >= 15 is 0 Å². The molecule has 54 valence electrons. The lowest BCUT2D eigenvalue weighted by molar-refractivity contribution is 0.224. The highest BCUT2D eigenvalue weighted by molar-refractivity contribution is 5.10. The van der Waals surface area contributed by atoms with Gasteiger partial charge in [-0.05, 0) is 0 Å². The van der Waals surface area contributed by atoms with Crippen LogP contribution in [-0.4, -0.2) is 17.7 Å². The van der Waals surface area contributed by atoms with Crippen molar-refractivity contribution < 1.29 is 0 Å². The van der Waals surface area contributed by atoms with E-state index in [-0.39, 0.29) is 6.17 Å². The zero-order valence-corrected chi connectivity index (χ0v) is 5.54. The summed E-state index contributed by atoms with van der Waals surface area (Å²) in [6, 6.07) is 0. The fourth-order valence-electron chi connectivity index (χ4n) is 1.06. The molecule has 0 amide bonds. The Hall–Kier alpha value is -0.680. The Morgan fingerprint density at radius 1 is 1.40 bits per heavy atom. The number of hydrogen-bond donors (Lipinski definition) is 3. The number of nitrogens with zero attached hydrogens (tertiary/aromatic N) is 1. The first-order valence-corrected chi connectivity index (χ1v) is 3.33. The lowest BCUT2D eigenvalue weighted by Gasteiger charge is -2.14. The summed E-state index contributed by atoms with van der Waals surface area (Å²) in [5.41, 5.74) is 8.84. The van der Waals surface area contributed by atoms with E-state index in [4.69, 9.17) is 0 Å². The Kier molecular flexibility index (Phi) is 1.52. The summed E-state index contributed by atoms with van der Waals surface area (Å²) in [7, 11) is 0. The zero-order chi connectivity index (χ0) is 6.81. The Bertz CT molecular complexity index is 175. The predicted octanol–water partition coefficient (Wildman–Crippen LogP) is -0.732. The van der Waals surface area contributed by atoms with Gasteiger partial charge in [-0.3, -0.25) is 0 Å². The molecule has 2 aliphatic heterocycles. The minimum Gasteiger partial charge on any atom is -0.221 e. The van der Waals surface area contributed by atoms with Crippen molar-refractivity contribution >= 4 is 0 Å². The molecule has 1 fully saturated rings. The standard InChI is InChI=1S/C6H10N4/c1-2-4-6-7-8-9-10(6)5-3-1/h1-4,6-9H,5H2. The SMILES string of the molecule is C1=CCN2NNNC2C=C1. The quantitative estimate of drug-likeness (QED) is 0.412. The summed E-state index contributed by atoms with van der Waals surface area (Å²) < 4.78 is 0. The summed E-state index contributed by atoms with van der Waals surface area (Å²) in [5.74, 6) is 0. The van der Waals surface area contributed by atoms with E-state index in [0.717, 1.165) is 6.54 Å². The van der Waals surface area contributed by atoms with Gasteiger partial charge in [0.2, 0.25) is 0 Å². The molecular formula is C6H10N4. The van der Waals surface area contributed by atoms with Crippen molar-refractivity contribution in [1.29, 1.82) is 0 Å². The van der Waals surface area contributed by atoms with Crippen LogP contribution in [0, 0.1) is 0 Å². The summed E-state index contributed by atoms with van der Waals surface area (Å²) in [6.45, 7) is 0.914. The number of hydrazine groups is 3. The second-order valence-corrected chi connectivity index (χ2v) is 2.29. The Morgan fingerprint density at radius 2 is 2.40 bits per heavy atom. The topological polar surface area (TPSA) is 39.3 Å². The van der Waals surface area contributed by atoms with Crippen molar-refractivity contribution in [2.75, 3.05) is 6.54 Å². The van der Waals surface area contributed by atoms with Crippen LogP contribution in [-0.2, 0) is 0 Å². The molecule has 2 heterocycles. The summed E-state index contributed by atoms with van der Waals surface area (Å²) in [6.07, 6.45) is 8.53. The van der Waals surface area contributed by atoms with Crippen LogP contribution in [0.1, 0.15) is 0 Å². The van der Waals surface area contributed by atoms with Gasteiger partial charge in [0.15, 0.2) is 0 Å². The van der Waals surface area contributed by atoms with E-state index in [0.29, 0.717) is 0 Å². The third-order valence-corrected chi connectivity index (χ3v) is 1.60. The molecule has 0 bridgehead atoms. The molecule has 2 rings (SSSR count). The number of allylic oxidation sites excluding steroid dienone is 2. The number of nitrogens with one attached hydrogen (secondary N) is 3. The van der Waals surface area contributed by atoms with Crippen LogP contribution < -0.4 is 16.5 Å². The maximum absolute atomic E-state index is 3.04. The van der Waals surface area contributed by atoms with Gasteiger partial charge in [0, 0.05) is 6.54 Å². The molecule has 0 aromatic heterocycles. The van der Waals surface area contributed by atoms with Crippen LogP contribution in [0.4, 0.5) is 0 Å². The van der Waals surface area contributed by atoms with Crippen LogP contribution in [0.25, 0.3) is 0 Å². The van der Waals surface area contributed by atoms with Gasteiger partial charge in [0.1, 0.15) is 6.17 Å². The third kappa shape index (κ3) is 0.975. The van der Waals surface area contributed by atoms with Gasteiger partial charge in [0.25, 0.3) is 0 Å². The van der Waals surface area contributed by atoms with Gasteiger partial charge in [-0.1, -0.05) is 24.3 Å². The van der Waals surface area contributed by atoms with Gasteiger partial charge >= 0.3 is 0 Å². The molecule has 2 aliphatic rings. The van der Waals surface area contributed by atoms with Gasteiger partial charge in [-0.25, -0.2) is 10.4 Å². The fraction of sp³-hybridized carbons (Fsp3) is 0.333. The number of fused-ring (bicyclic) bond motifs is 1. The second-order valence-electron chi connectivity index (χ2n) is 2.29. The summed E-state index contributed by atoms with van der Waals surface area (Å²) >= 11 is 0. The van der Waals surface area contributed by atoms with Crippen LogP contribution in [0.2, 0.25) is 0 Å². The lowest BCUT2D eigenvalue weighted by Crippen LogP contribution is -2.38. The van der Waals surface area contributed by atoms with Gasteiger partial charge in [-0.15, -0.1) is 0 Å². The van der Waals surface area contributed by atoms with E-state index in [9.17, 15) is 0 Å². The highest BCUT2D eigenvalue weighted by Gasteiger charge is 2.19. The highest BCUT2D eigenvalue weighted by Crippen LogP contribution is 2.01. The van der Waals surface area contributed by atoms with Crippen LogP contribution in [0.15, 0.2) is 24.3 Å². The molecule has 1 atom stereocenters. The van der Waals surface area contributed by atoms with E-state index in [2.05, 4.69) is 33.7 Å². The molecule has 4 nitrogen and oxygen atoms in total. The molecule has 0 aromatic carbocycles. The highest BCUT2D eigenvalue weighted by atomic mass is 15.9. The third-order valence-electron chi connectivity index (χ3n) is 1.60. The maximum atomic E-state index is 3.04. The van der Waals surface area contributed by atoms with Crippen molar-refractivity contribution in [3.05, 3.63) is 24.3 Å². The van der Waals surface area contributed by atoms with E-state index in [1.54, 1.807) is 0 Å². The molecule has 3 N–H and O–H groups in total. The average Bonchev–Trinajstić information content (AvgIpc) is 2.28. The molecule has 0 spiro atoms. The van der Waals surface area contributed by atoms with Crippen molar-refractivity contribution in [2.24, 2.45) is 0 Å². The molecule has 10 heavy (non-hydrogen) atoms. The fourth-order valence-corrected chi connectivity index (χ4v) is 1.06. The minimum absolute atomic E-state index is 0.273. The molecule has 1 saturated heterocycles. The largest absolute Gasteiger partial charge is 0.221 e. The Morgan fingerprint density at radius 3 is 3.40 bits per heavy atom. The van der Waals surface area contributed by atoms with Crippen molar-refractivity contribution in [2.45, 2.75) is 6.17 Å². The second kappa shape index (κ2) is 2.51. The molecule has 0 aliphatic carbocycles. The molecule has 0 saturated carbocycles. The molecule has 0 aromatic rings. The van der Waals surface area contributed by atoms with Crippen LogP contribution in [0.3, 0.4) is 0 Å². The van der Waals surface area contributed by atoms with Gasteiger partial charge in [0.05, 0.1) is 0 Å². The number of rotatable bonds is 0. The molecular weight excluding hydrogens is 128 g/mol. The smallest absolute Gasteiger partial charge is 0.108 e. The first kappa shape index (κ1) is 6.06. The molecule has 0 radical (unpaired) electrons. The summed E-state index contributed by atoms with van der Waals surface area (Å²) in [4.78, 5) is 0. The van der Waals surface area contributed by atoms with Crippen LogP contribution in [0.5, 0.6) is 0 Å². The number of hydrogen-bond acceptors (Lipinski definition) is 4. The Balaban J connectivity index is 2.12. The molecule has 4 heteroatoms. The maximum Gasteiger partial charge on any atom is 0.108 e. The minimum atomic E-state index is 0.273. The monoisotopic (exact) mass is 138 g/mol. The van der Waals surface area contributed by atoms with Crippen molar-refractivity contribution in [3.63, 3.8) is 0 Å². The average molecular weight is 138 g/mol. The normalized spacial score (nSPS) is 32.2. The van der Waals surface area contributed by atoms with Crippen LogP contribution >= 0.6 is 0 Å². The lowest BCUT2D eigenvalue weighted by atomic mass is 10.4. The first-order chi connectivity index (χ1) is 4.97. The van der Waals surface area contributed by atoms with E-state index in [1.807, 2.05) is 12.2 Å².